The second kappa shape index (κ2) is 8.05. The Kier molecular flexibility index (Phi) is 5.31. The smallest absolute Gasteiger partial charge is 0.266 e. The maximum atomic E-state index is 12.9. The van der Waals surface area contributed by atoms with E-state index >= 15 is 0 Å². The Bertz CT molecular complexity index is 966. The van der Waals surface area contributed by atoms with Gasteiger partial charge >= 0.3 is 0 Å². The van der Waals surface area contributed by atoms with Crippen LogP contribution in [0.15, 0.2) is 42.5 Å². The van der Waals surface area contributed by atoms with Gasteiger partial charge in [0.15, 0.2) is 0 Å². The van der Waals surface area contributed by atoms with Crippen LogP contribution in [-0.4, -0.2) is 55.9 Å². The molecule has 1 saturated heterocycles. The van der Waals surface area contributed by atoms with Gasteiger partial charge in [0, 0.05) is 18.7 Å². The van der Waals surface area contributed by atoms with Gasteiger partial charge in [-0.1, -0.05) is 12.1 Å². The van der Waals surface area contributed by atoms with E-state index in [1.54, 1.807) is 36.4 Å². The van der Waals surface area contributed by atoms with Crippen LogP contribution in [0.4, 0.5) is 5.69 Å². The Morgan fingerprint density at radius 3 is 2.52 bits per heavy atom. The third-order valence-corrected chi connectivity index (χ3v) is 5.39. The zero-order chi connectivity index (χ0) is 20.4. The van der Waals surface area contributed by atoms with Gasteiger partial charge in [-0.15, -0.1) is 0 Å². The van der Waals surface area contributed by atoms with Crippen LogP contribution in [-0.2, 0) is 0 Å². The average molecular weight is 393 g/mol. The highest BCUT2D eigenvalue weighted by Gasteiger charge is 2.38. The van der Waals surface area contributed by atoms with Crippen molar-refractivity contribution >= 4 is 23.4 Å². The lowest BCUT2D eigenvalue weighted by atomic mass is 10.1. The van der Waals surface area contributed by atoms with Gasteiger partial charge < -0.3 is 15.0 Å². The van der Waals surface area contributed by atoms with Crippen LogP contribution in [0.25, 0.3) is 0 Å². The summed E-state index contributed by atoms with van der Waals surface area (Å²) in [5.74, 6) is -0.693. The topological polar surface area (TPSA) is 79.0 Å². The standard InChI is InChI=1S/C22H23N3O4/c1-29-19-7-3-2-6-18(19)25-21(27)16-9-8-15(14-17(16)22(25)28)20(26)23-10-13-24-11-4-5-12-24/h2-3,6-9,14H,4-5,10-13H2,1H3,(H,23,26). The predicted octanol–water partition coefficient (Wildman–Crippen LogP) is 2.32. The Hall–Kier alpha value is -3.19. The summed E-state index contributed by atoms with van der Waals surface area (Å²) in [6.45, 7) is 3.51. The van der Waals surface area contributed by atoms with Gasteiger partial charge in [0.25, 0.3) is 17.7 Å². The van der Waals surface area contributed by atoms with Crippen LogP contribution in [0.5, 0.6) is 5.75 Å². The monoisotopic (exact) mass is 393 g/mol. The van der Waals surface area contributed by atoms with E-state index in [1.165, 1.54) is 26.0 Å². The first-order chi connectivity index (χ1) is 14.1. The molecule has 0 saturated carbocycles. The van der Waals surface area contributed by atoms with E-state index in [-0.39, 0.29) is 17.0 Å². The second-order valence-corrected chi connectivity index (χ2v) is 7.18. The fourth-order valence-corrected chi connectivity index (χ4v) is 3.85. The molecule has 1 fully saturated rings. The Morgan fingerprint density at radius 1 is 1.03 bits per heavy atom. The number of hydrogen-bond acceptors (Lipinski definition) is 5. The molecule has 1 N–H and O–H groups in total. The molecule has 0 radical (unpaired) electrons. The number of ether oxygens (including phenoxy) is 1. The molecule has 2 aromatic carbocycles. The number of carbonyl (C=O) groups excluding carboxylic acids is 3. The van der Waals surface area contributed by atoms with Gasteiger partial charge in [-0.3, -0.25) is 14.4 Å². The van der Waals surface area contributed by atoms with E-state index in [0.29, 0.717) is 23.5 Å². The van der Waals surface area contributed by atoms with Crippen molar-refractivity contribution < 1.29 is 19.1 Å². The molecule has 29 heavy (non-hydrogen) atoms. The number of nitrogens with zero attached hydrogens (tertiary/aromatic N) is 2. The summed E-state index contributed by atoms with van der Waals surface area (Å²) in [4.78, 5) is 41.7. The van der Waals surface area contributed by atoms with E-state index in [4.69, 9.17) is 4.74 Å². The Labute approximate surface area is 169 Å². The number of anilines is 1. The zero-order valence-corrected chi connectivity index (χ0v) is 16.3. The van der Waals surface area contributed by atoms with Gasteiger partial charge in [0.05, 0.1) is 23.9 Å². The number of para-hydroxylation sites is 2. The molecule has 0 atom stereocenters. The summed E-state index contributed by atoms with van der Waals surface area (Å²) in [7, 11) is 1.49. The normalized spacial score (nSPS) is 16.2. The van der Waals surface area contributed by atoms with E-state index in [2.05, 4.69) is 10.2 Å². The number of benzene rings is 2. The molecule has 2 aliphatic rings. The van der Waals surface area contributed by atoms with Crippen LogP contribution in [0.3, 0.4) is 0 Å². The molecule has 4 rings (SSSR count). The highest BCUT2D eigenvalue weighted by molar-refractivity contribution is 6.35. The second-order valence-electron chi connectivity index (χ2n) is 7.18. The summed E-state index contributed by atoms with van der Waals surface area (Å²) < 4.78 is 5.29. The number of fused-ring (bicyclic) bond motifs is 1. The number of likely N-dealkylation sites (tertiary alicyclic amines) is 1. The van der Waals surface area contributed by atoms with Crippen molar-refractivity contribution in [3.63, 3.8) is 0 Å². The summed E-state index contributed by atoms with van der Waals surface area (Å²) in [5, 5.41) is 2.89. The molecular formula is C22H23N3O4. The number of imide groups is 1. The van der Waals surface area contributed by atoms with Crippen molar-refractivity contribution in [2.24, 2.45) is 0 Å². The van der Waals surface area contributed by atoms with Crippen LogP contribution in [0.1, 0.15) is 43.9 Å². The lowest BCUT2D eigenvalue weighted by molar-refractivity contribution is 0.0922. The third kappa shape index (κ3) is 3.61. The minimum Gasteiger partial charge on any atom is -0.495 e. The van der Waals surface area contributed by atoms with Crippen LogP contribution < -0.4 is 15.0 Å². The number of methoxy groups -OCH3 is 1. The molecule has 0 spiro atoms. The molecule has 3 amide bonds. The lowest BCUT2D eigenvalue weighted by Gasteiger charge is -2.16. The summed E-state index contributed by atoms with van der Waals surface area (Å²) >= 11 is 0. The summed E-state index contributed by atoms with van der Waals surface area (Å²) in [6, 6.07) is 11.5. The molecule has 2 heterocycles. The fraction of sp³-hybridized carbons (Fsp3) is 0.318. The molecule has 2 aliphatic heterocycles. The average Bonchev–Trinajstić information content (AvgIpc) is 3.34. The molecule has 7 heteroatoms. The van der Waals surface area contributed by atoms with Crippen LogP contribution in [0.2, 0.25) is 0 Å². The Balaban J connectivity index is 1.51. The quantitative estimate of drug-likeness (QED) is 0.762. The van der Waals surface area contributed by atoms with Crippen molar-refractivity contribution in [2.75, 3.05) is 38.2 Å². The molecule has 0 unspecified atom stereocenters. The predicted molar refractivity (Wildman–Crippen MR) is 109 cm³/mol. The SMILES string of the molecule is COc1ccccc1N1C(=O)c2ccc(C(=O)NCCN3CCCC3)cc2C1=O. The number of hydrogen-bond donors (Lipinski definition) is 1. The summed E-state index contributed by atoms with van der Waals surface area (Å²) in [5.41, 5.74) is 1.27. The van der Waals surface area contributed by atoms with E-state index in [1.807, 2.05) is 0 Å². The maximum Gasteiger partial charge on any atom is 0.266 e. The number of rotatable bonds is 6. The van der Waals surface area contributed by atoms with Crippen molar-refractivity contribution in [3.8, 4) is 5.75 Å². The highest BCUT2D eigenvalue weighted by atomic mass is 16.5. The highest BCUT2D eigenvalue weighted by Crippen LogP contribution is 2.34. The van der Waals surface area contributed by atoms with Gasteiger partial charge in [-0.05, 0) is 56.3 Å². The molecule has 7 nitrogen and oxygen atoms in total. The van der Waals surface area contributed by atoms with Gasteiger partial charge in [0.1, 0.15) is 5.75 Å². The maximum absolute atomic E-state index is 12.9. The van der Waals surface area contributed by atoms with Crippen LogP contribution >= 0.6 is 0 Å². The molecule has 2 aromatic rings. The molecular weight excluding hydrogens is 370 g/mol. The van der Waals surface area contributed by atoms with Crippen molar-refractivity contribution in [1.82, 2.24) is 10.2 Å². The number of nitrogens with one attached hydrogen (secondary N) is 1. The molecule has 0 bridgehead atoms. The van der Waals surface area contributed by atoms with Crippen molar-refractivity contribution in [1.29, 1.82) is 0 Å². The van der Waals surface area contributed by atoms with E-state index in [9.17, 15) is 14.4 Å². The van der Waals surface area contributed by atoms with E-state index < -0.39 is 11.8 Å². The fourth-order valence-electron chi connectivity index (χ4n) is 3.85. The third-order valence-electron chi connectivity index (χ3n) is 5.39. The summed E-state index contributed by atoms with van der Waals surface area (Å²) in [6.07, 6.45) is 2.41. The number of carbonyl (C=O) groups is 3. The first-order valence-electron chi connectivity index (χ1n) is 9.76. The molecule has 0 aromatic heterocycles. The minimum atomic E-state index is -0.457. The largest absolute Gasteiger partial charge is 0.495 e. The van der Waals surface area contributed by atoms with E-state index in [0.717, 1.165) is 24.5 Å². The zero-order valence-electron chi connectivity index (χ0n) is 16.3. The van der Waals surface area contributed by atoms with Crippen molar-refractivity contribution in [3.05, 3.63) is 59.2 Å². The van der Waals surface area contributed by atoms with Crippen LogP contribution in [0, 0.1) is 0 Å². The Morgan fingerprint density at radius 2 is 1.76 bits per heavy atom. The first-order valence-corrected chi connectivity index (χ1v) is 9.76. The first kappa shape index (κ1) is 19.1. The van der Waals surface area contributed by atoms with Gasteiger partial charge in [0.2, 0.25) is 0 Å². The number of amides is 3. The van der Waals surface area contributed by atoms with Crippen molar-refractivity contribution in [2.45, 2.75) is 12.8 Å². The molecule has 0 aliphatic carbocycles. The lowest BCUT2D eigenvalue weighted by Crippen LogP contribution is -2.33. The van der Waals surface area contributed by atoms with Gasteiger partial charge in [-0.25, -0.2) is 4.90 Å². The molecule has 150 valence electrons. The van der Waals surface area contributed by atoms with Gasteiger partial charge in [-0.2, -0.15) is 0 Å². The minimum absolute atomic E-state index is 0.230.